The summed E-state index contributed by atoms with van der Waals surface area (Å²) in [7, 11) is 3.17. The Morgan fingerprint density at radius 3 is 2.45 bits per heavy atom. The lowest BCUT2D eigenvalue weighted by atomic mass is 9.94. The third kappa shape index (κ3) is 4.28. The zero-order chi connectivity index (χ0) is 21.8. The fourth-order valence-corrected chi connectivity index (χ4v) is 3.44. The highest BCUT2D eigenvalue weighted by molar-refractivity contribution is 6.07. The predicted molar refractivity (Wildman–Crippen MR) is 117 cm³/mol. The monoisotopic (exact) mass is 419 g/mol. The Balaban J connectivity index is 1.72. The SMILES string of the molecule is COc1cc(OC)c2c(c1)OC(c1ccccc1)C/C2=N\Nc1ccc([N+](=O)[O-])cc1. The van der Waals surface area contributed by atoms with E-state index in [9.17, 15) is 10.1 Å². The lowest BCUT2D eigenvalue weighted by Crippen LogP contribution is -2.22. The van der Waals surface area contributed by atoms with Crippen LogP contribution in [0.4, 0.5) is 11.4 Å². The van der Waals surface area contributed by atoms with Crippen LogP contribution >= 0.6 is 0 Å². The fourth-order valence-electron chi connectivity index (χ4n) is 3.44. The first kappa shape index (κ1) is 20.2. The van der Waals surface area contributed by atoms with Crippen LogP contribution in [0.1, 0.15) is 23.7 Å². The molecule has 0 aliphatic carbocycles. The summed E-state index contributed by atoms with van der Waals surface area (Å²) in [6.07, 6.45) is 0.280. The van der Waals surface area contributed by atoms with E-state index in [4.69, 9.17) is 14.2 Å². The average Bonchev–Trinajstić information content (AvgIpc) is 2.82. The number of non-ortho nitro benzene ring substituents is 1. The highest BCUT2D eigenvalue weighted by Gasteiger charge is 2.30. The van der Waals surface area contributed by atoms with Crippen molar-refractivity contribution in [2.75, 3.05) is 19.6 Å². The van der Waals surface area contributed by atoms with E-state index in [1.54, 1.807) is 32.4 Å². The molecule has 1 atom stereocenters. The molecule has 1 unspecified atom stereocenters. The van der Waals surface area contributed by atoms with Crippen molar-refractivity contribution in [1.29, 1.82) is 0 Å². The van der Waals surface area contributed by atoms with E-state index in [1.165, 1.54) is 12.1 Å². The van der Waals surface area contributed by atoms with E-state index in [0.717, 1.165) is 16.8 Å². The number of nitrogens with zero attached hydrogens (tertiary/aromatic N) is 2. The summed E-state index contributed by atoms with van der Waals surface area (Å²) in [6, 6.07) is 19.6. The van der Waals surface area contributed by atoms with E-state index in [-0.39, 0.29) is 11.8 Å². The smallest absolute Gasteiger partial charge is 0.269 e. The third-order valence-corrected chi connectivity index (χ3v) is 5.00. The van der Waals surface area contributed by atoms with E-state index in [1.807, 2.05) is 36.4 Å². The van der Waals surface area contributed by atoms with Crippen molar-refractivity contribution in [3.63, 3.8) is 0 Å². The van der Waals surface area contributed by atoms with Crippen molar-refractivity contribution in [2.45, 2.75) is 12.5 Å². The number of fused-ring (bicyclic) bond motifs is 1. The second-order valence-corrected chi connectivity index (χ2v) is 6.90. The van der Waals surface area contributed by atoms with Gasteiger partial charge in [0.2, 0.25) is 0 Å². The molecular weight excluding hydrogens is 398 g/mol. The molecular formula is C23H21N3O5. The van der Waals surface area contributed by atoms with Crippen molar-refractivity contribution in [1.82, 2.24) is 0 Å². The number of methoxy groups -OCH3 is 2. The molecule has 31 heavy (non-hydrogen) atoms. The van der Waals surface area contributed by atoms with E-state index in [2.05, 4.69) is 10.5 Å². The van der Waals surface area contributed by atoms with Crippen LogP contribution in [0.5, 0.6) is 17.2 Å². The zero-order valence-electron chi connectivity index (χ0n) is 17.1. The molecule has 1 N–H and O–H groups in total. The number of nitro groups is 1. The van der Waals surface area contributed by atoms with Gasteiger partial charge in [-0.25, -0.2) is 0 Å². The minimum Gasteiger partial charge on any atom is -0.496 e. The third-order valence-electron chi connectivity index (χ3n) is 5.00. The molecule has 158 valence electrons. The number of ether oxygens (including phenoxy) is 3. The van der Waals surface area contributed by atoms with E-state index in [0.29, 0.717) is 29.4 Å². The maximum Gasteiger partial charge on any atom is 0.269 e. The number of hydrogen-bond donors (Lipinski definition) is 1. The van der Waals surface area contributed by atoms with Crippen LogP contribution in [0.25, 0.3) is 0 Å². The number of nitro benzene ring substituents is 1. The van der Waals surface area contributed by atoms with Crippen LogP contribution in [-0.4, -0.2) is 24.9 Å². The van der Waals surface area contributed by atoms with Crippen molar-refractivity contribution >= 4 is 17.1 Å². The summed E-state index contributed by atoms with van der Waals surface area (Å²) >= 11 is 0. The highest BCUT2D eigenvalue weighted by Crippen LogP contribution is 2.42. The van der Waals surface area contributed by atoms with Gasteiger partial charge < -0.3 is 14.2 Å². The largest absolute Gasteiger partial charge is 0.496 e. The highest BCUT2D eigenvalue weighted by atomic mass is 16.6. The molecule has 0 radical (unpaired) electrons. The van der Waals surface area contributed by atoms with Crippen molar-refractivity contribution < 1.29 is 19.1 Å². The van der Waals surface area contributed by atoms with Crippen molar-refractivity contribution in [3.8, 4) is 17.2 Å². The maximum atomic E-state index is 10.9. The Kier molecular flexibility index (Phi) is 5.70. The van der Waals surface area contributed by atoms with Gasteiger partial charge in [0.05, 0.1) is 36.1 Å². The molecule has 0 spiro atoms. The molecule has 0 aromatic heterocycles. The van der Waals surface area contributed by atoms with E-state index < -0.39 is 4.92 Å². The summed E-state index contributed by atoms with van der Waals surface area (Å²) < 4.78 is 17.2. The topological polar surface area (TPSA) is 95.2 Å². The normalized spacial score (nSPS) is 16.2. The van der Waals surface area contributed by atoms with Crippen LogP contribution in [0.3, 0.4) is 0 Å². The van der Waals surface area contributed by atoms with Gasteiger partial charge in [-0.15, -0.1) is 0 Å². The molecule has 1 aliphatic heterocycles. The van der Waals surface area contributed by atoms with Gasteiger partial charge in [-0.3, -0.25) is 15.5 Å². The first-order valence-electron chi connectivity index (χ1n) is 9.64. The Labute approximate surface area is 179 Å². The Bertz CT molecular complexity index is 1110. The summed E-state index contributed by atoms with van der Waals surface area (Å²) in [5, 5.41) is 15.5. The van der Waals surface area contributed by atoms with Crippen LogP contribution in [0.2, 0.25) is 0 Å². The average molecular weight is 419 g/mol. The first-order valence-corrected chi connectivity index (χ1v) is 9.64. The fraction of sp³-hybridized carbons (Fsp3) is 0.174. The van der Waals surface area contributed by atoms with Crippen molar-refractivity contribution in [3.05, 3.63) is 88.0 Å². The molecule has 8 heteroatoms. The second kappa shape index (κ2) is 8.74. The summed E-state index contributed by atoms with van der Waals surface area (Å²) in [5.74, 6) is 1.82. The van der Waals surface area contributed by atoms with Crippen LogP contribution in [-0.2, 0) is 0 Å². The van der Waals surface area contributed by atoms with Crippen LogP contribution in [0, 0.1) is 10.1 Å². The first-order chi connectivity index (χ1) is 15.1. The van der Waals surface area contributed by atoms with Gasteiger partial charge in [-0.1, -0.05) is 30.3 Å². The molecule has 4 rings (SSSR count). The van der Waals surface area contributed by atoms with Gasteiger partial charge in [-0.05, 0) is 17.7 Å². The van der Waals surface area contributed by atoms with Gasteiger partial charge in [0.25, 0.3) is 5.69 Å². The molecule has 0 fully saturated rings. The Morgan fingerprint density at radius 2 is 1.81 bits per heavy atom. The standard InChI is InChI=1S/C23H21N3O5/c1-29-18-12-21(30-2)23-19(25-24-16-8-10-17(11-9-16)26(27)28)14-20(31-22(23)13-18)15-6-4-3-5-7-15/h3-13,20,24H,14H2,1-2H3/b25-19+. The molecule has 0 saturated carbocycles. The number of hydrazone groups is 1. The molecule has 3 aromatic carbocycles. The molecule has 0 amide bonds. The molecule has 0 saturated heterocycles. The number of nitrogens with one attached hydrogen (secondary N) is 1. The Hall–Kier alpha value is -4.07. The molecule has 0 bridgehead atoms. The lowest BCUT2D eigenvalue weighted by molar-refractivity contribution is -0.384. The second-order valence-electron chi connectivity index (χ2n) is 6.90. The number of anilines is 1. The summed E-state index contributed by atoms with van der Waals surface area (Å²) in [5.41, 5.74) is 6.16. The van der Waals surface area contributed by atoms with Gasteiger partial charge in [0, 0.05) is 30.7 Å². The minimum atomic E-state index is -0.437. The van der Waals surface area contributed by atoms with Gasteiger partial charge in [0.1, 0.15) is 23.4 Å². The Morgan fingerprint density at radius 1 is 1.06 bits per heavy atom. The minimum absolute atomic E-state index is 0.0209. The predicted octanol–water partition coefficient (Wildman–Crippen LogP) is 4.95. The number of hydrogen-bond acceptors (Lipinski definition) is 7. The van der Waals surface area contributed by atoms with E-state index >= 15 is 0 Å². The molecule has 1 aliphatic rings. The number of rotatable bonds is 6. The number of benzene rings is 3. The summed E-state index contributed by atoms with van der Waals surface area (Å²) in [4.78, 5) is 10.4. The van der Waals surface area contributed by atoms with Gasteiger partial charge >= 0.3 is 0 Å². The molecule has 3 aromatic rings. The van der Waals surface area contributed by atoms with Gasteiger partial charge in [-0.2, -0.15) is 5.10 Å². The van der Waals surface area contributed by atoms with Gasteiger partial charge in [0.15, 0.2) is 0 Å². The maximum absolute atomic E-state index is 10.9. The quantitative estimate of drug-likeness (QED) is 0.449. The summed E-state index contributed by atoms with van der Waals surface area (Å²) in [6.45, 7) is 0. The molecule has 8 nitrogen and oxygen atoms in total. The van der Waals surface area contributed by atoms with Crippen LogP contribution < -0.4 is 19.6 Å². The zero-order valence-corrected chi connectivity index (χ0v) is 17.1. The van der Waals surface area contributed by atoms with Crippen molar-refractivity contribution in [2.24, 2.45) is 5.10 Å². The molecule has 1 heterocycles. The van der Waals surface area contributed by atoms with Crippen LogP contribution in [0.15, 0.2) is 71.8 Å². The lowest BCUT2D eigenvalue weighted by Gasteiger charge is -2.29.